The number of hydrogen-bond acceptors (Lipinski definition) is 2. The molecule has 0 amide bonds. The molecule has 1 unspecified atom stereocenters. The minimum absolute atomic E-state index is 0.268. The summed E-state index contributed by atoms with van der Waals surface area (Å²) in [6.07, 6.45) is 6.63. The van der Waals surface area contributed by atoms with Gasteiger partial charge in [0.15, 0.2) is 11.6 Å². The van der Waals surface area contributed by atoms with E-state index in [1.807, 2.05) is 12.1 Å². The van der Waals surface area contributed by atoms with Gasteiger partial charge in [0, 0.05) is 0 Å². The molecule has 0 N–H and O–H groups in total. The van der Waals surface area contributed by atoms with Crippen LogP contribution in [0.2, 0.25) is 0 Å². The van der Waals surface area contributed by atoms with E-state index in [4.69, 9.17) is 4.74 Å². The minimum Gasteiger partial charge on any atom is -0.454 e. The van der Waals surface area contributed by atoms with Gasteiger partial charge in [-0.2, -0.15) is 0 Å². The summed E-state index contributed by atoms with van der Waals surface area (Å²) in [6.45, 7) is 5.96. The maximum Gasteiger partial charge on any atom is 0.165 e. The summed E-state index contributed by atoms with van der Waals surface area (Å²) in [7, 11) is 0. The quantitative estimate of drug-likeness (QED) is 0.640. The van der Waals surface area contributed by atoms with Crippen molar-refractivity contribution in [1.29, 1.82) is 0 Å². The lowest BCUT2D eigenvalue weighted by atomic mass is 9.97. The first-order valence-corrected chi connectivity index (χ1v) is 9.47. The molecule has 3 heteroatoms. The molecule has 0 bridgehead atoms. The van der Waals surface area contributed by atoms with Gasteiger partial charge in [-0.25, -0.2) is 4.39 Å². The zero-order valence-electron chi connectivity index (χ0n) is 15.1. The maximum atomic E-state index is 13.7. The normalized spacial score (nSPS) is 17.0. The smallest absolute Gasteiger partial charge is 0.165 e. The van der Waals surface area contributed by atoms with E-state index < -0.39 is 0 Å². The molecule has 2 aromatic carbocycles. The fourth-order valence-electron chi connectivity index (χ4n) is 3.42. The van der Waals surface area contributed by atoms with Gasteiger partial charge in [0.25, 0.3) is 0 Å². The van der Waals surface area contributed by atoms with Crippen LogP contribution in [0.15, 0.2) is 48.5 Å². The van der Waals surface area contributed by atoms with E-state index in [0.717, 1.165) is 0 Å². The average Bonchev–Trinajstić information content (AvgIpc) is 2.91. The van der Waals surface area contributed by atoms with Crippen LogP contribution < -0.4 is 4.74 Å². The summed E-state index contributed by atoms with van der Waals surface area (Å²) >= 11 is 0. The van der Waals surface area contributed by atoms with E-state index >= 15 is 0 Å². The van der Waals surface area contributed by atoms with Crippen LogP contribution >= 0.6 is 0 Å². The van der Waals surface area contributed by atoms with Crippen molar-refractivity contribution < 1.29 is 9.13 Å². The minimum atomic E-state index is -0.336. The Balaban J connectivity index is 1.53. The summed E-state index contributed by atoms with van der Waals surface area (Å²) in [5.41, 5.74) is 1.32. The van der Waals surface area contributed by atoms with Gasteiger partial charge in [0.1, 0.15) is 5.75 Å². The lowest BCUT2D eigenvalue weighted by Gasteiger charge is -2.22. The highest BCUT2D eigenvalue weighted by Crippen LogP contribution is 2.27. The van der Waals surface area contributed by atoms with Crippen molar-refractivity contribution in [3.8, 4) is 11.5 Å². The van der Waals surface area contributed by atoms with E-state index in [1.54, 1.807) is 18.2 Å². The number of nitrogens with zero attached hydrogens (tertiary/aromatic N) is 1. The van der Waals surface area contributed by atoms with Gasteiger partial charge in [-0.05, 0) is 74.6 Å². The first kappa shape index (κ1) is 17.9. The zero-order chi connectivity index (χ0) is 17.5. The Kier molecular flexibility index (Phi) is 6.46. The lowest BCUT2D eigenvalue weighted by molar-refractivity contribution is 0.275. The van der Waals surface area contributed by atoms with Crippen molar-refractivity contribution in [3.05, 3.63) is 59.9 Å². The van der Waals surface area contributed by atoms with Crippen LogP contribution in [0, 0.1) is 5.82 Å². The molecule has 1 heterocycles. The van der Waals surface area contributed by atoms with Crippen molar-refractivity contribution in [2.24, 2.45) is 0 Å². The summed E-state index contributed by atoms with van der Waals surface area (Å²) < 4.78 is 19.3. The second-order valence-electron chi connectivity index (χ2n) is 7.05. The Bertz CT molecular complexity index is 647. The highest BCUT2D eigenvalue weighted by atomic mass is 19.1. The highest BCUT2D eigenvalue weighted by molar-refractivity contribution is 5.34. The van der Waals surface area contributed by atoms with Crippen LogP contribution in [0.5, 0.6) is 11.5 Å². The highest BCUT2D eigenvalue weighted by Gasteiger charge is 2.12. The van der Waals surface area contributed by atoms with Gasteiger partial charge >= 0.3 is 0 Å². The Labute approximate surface area is 150 Å². The molecule has 0 radical (unpaired) electrons. The third kappa shape index (κ3) is 5.30. The van der Waals surface area contributed by atoms with Crippen LogP contribution in [-0.2, 0) is 0 Å². The van der Waals surface area contributed by atoms with Gasteiger partial charge in [-0.1, -0.05) is 44.0 Å². The van der Waals surface area contributed by atoms with Crippen LogP contribution in [0.3, 0.4) is 0 Å². The number of hydrogen-bond donors (Lipinski definition) is 0. The predicted molar refractivity (Wildman–Crippen MR) is 101 cm³/mol. The molecular formula is C22H28FNO. The van der Waals surface area contributed by atoms with Crippen molar-refractivity contribution in [1.82, 2.24) is 4.90 Å². The average molecular weight is 341 g/mol. The Morgan fingerprint density at radius 3 is 2.32 bits per heavy atom. The lowest BCUT2D eigenvalue weighted by Crippen LogP contribution is -2.26. The van der Waals surface area contributed by atoms with Crippen molar-refractivity contribution in [2.75, 3.05) is 19.6 Å². The van der Waals surface area contributed by atoms with Crippen molar-refractivity contribution >= 4 is 0 Å². The number of rotatable bonds is 6. The van der Waals surface area contributed by atoms with Gasteiger partial charge in [-0.3, -0.25) is 0 Å². The van der Waals surface area contributed by atoms with Gasteiger partial charge < -0.3 is 9.64 Å². The largest absolute Gasteiger partial charge is 0.454 e. The third-order valence-corrected chi connectivity index (χ3v) is 5.09. The van der Waals surface area contributed by atoms with E-state index in [9.17, 15) is 4.39 Å². The van der Waals surface area contributed by atoms with Crippen LogP contribution in [0.25, 0.3) is 0 Å². The summed E-state index contributed by atoms with van der Waals surface area (Å²) in [5, 5.41) is 0. The predicted octanol–water partition coefficient (Wildman–Crippen LogP) is 5.99. The molecule has 1 fully saturated rings. The first-order chi connectivity index (χ1) is 12.2. The topological polar surface area (TPSA) is 12.5 Å². The Hall–Kier alpha value is -1.87. The van der Waals surface area contributed by atoms with Crippen LogP contribution in [0.4, 0.5) is 4.39 Å². The standard InChI is InChI=1S/C22H28FNO/c1-18(14-17-24-15-6-2-3-7-16-24)19-10-12-20(13-11-19)25-22-9-5-4-8-21(22)23/h4-5,8-13,18H,2-3,6-7,14-17H2,1H3. The van der Waals surface area contributed by atoms with Crippen molar-refractivity contribution in [2.45, 2.75) is 44.9 Å². The SMILES string of the molecule is CC(CCN1CCCCCC1)c1ccc(Oc2ccccc2F)cc1. The van der Waals surface area contributed by atoms with E-state index in [-0.39, 0.29) is 11.6 Å². The summed E-state index contributed by atoms with van der Waals surface area (Å²) in [4.78, 5) is 2.61. The molecule has 1 atom stereocenters. The molecule has 0 aliphatic carbocycles. The van der Waals surface area contributed by atoms with Gasteiger partial charge in [-0.15, -0.1) is 0 Å². The van der Waals surface area contributed by atoms with E-state index in [2.05, 4.69) is 24.0 Å². The van der Waals surface area contributed by atoms with E-state index in [1.165, 1.54) is 63.4 Å². The number of halogens is 1. The van der Waals surface area contributed by atoms with E-state index in [0.29, 0.717) is 11.7 Å². The third-order valence-electron chi connectivity index (χ3n) is 5.09. The number of benzene rings is 2. The monoisotopic (exact) mass is 341 g/mol. The Morgan fingerprint density at radius 1 is 0.960 bits per heavy atom. The molecule has 0 spiro atoms. The Morgan fingerprint density at radius 2 is 1.64 bits per heavy atom. The molecule has 1 aliphatic heterocycles. The molecule has 0 aromatic heterocycles. The molecule has 1 aliphatic rings. The molecule has 134 valence electrons. The first-order valence-electron chi connectivity index (χ1n) is 9.47. The van der Waals surface area contributed by atoms with Crippen LogP contribution in [0.1, 0.15) is 50.5 Å². The molecule has 2 nitrogen and oxygen atoms in total. The van der Waals surface area contributed by atoms with Gasteiger partial charge in [0.05, 0.1) is 0 Å². The number of para-hydroxylation sites is 1. The van der Waals surface area contributed by atoms with Crippen molar-refractivity contribution in [3.63, 3.8) is 0 Å². The molecular weight excluding hydrogens is 313 g/mol. The second kappa shape index (κ2) is 9.00. The zero-order valence-corrected chi connectivity index (χ0v) is 15.1. The molecule has 25 heavy (non-hydrogen) atoms. The maximum absolute atomic E-state index is 13.7. The molecule has 2 aromatic rings. The fourth-order valence-corrected chi connectivity index (χ4v) is 3.42. The fraction of sp³-hybridized carbons (Fsp3) is 0.455. The summed E-state index contributed by atoms with van der Waals surface area (Å²) in [6, 6.07) is 14.6. The number of ether oxygens (including phenoxy) is 1. The molecule has 0 saturated carbocycles. The number of likely N-dealkylation sites (tertiary alicyclic amines) is 1. The molecule has 1 saturated heterocycles. The van der Waals surface area contributed by atoms with Gasteiger partial charge in [0.2, 0.25) is 0 Å². The molecule has 3 rings (SSSR count). The second-order valence-corrected chi connectivity index (χ2v) is 7.05. The van der Waals surface area contributed by atoms with Crippen LogP contribution in [-0.4, -0.2) is 24.5 Å². The summed E-state index contributed by atoms with van der Waals surface area (Å²) in [5.74, 6) is 1.13.